The number of benzene rings is 1. The average molecular weight is 240 g/mol. The van der Waals surface area contributed by atoms with Gasteiger partial charge in [0.1, 0.15) is 5.75 Å². The second-order valence-electron chi connectivity index (χ2n) is 3.43. The van der Waals surface area contributed by atoms with E-state index < -0.39 is 5.97 Å². The van der Waals surface area contributed by atoms with E-state index in [0.717, 1.165) is 17.7 Å². The van der Waals surface area contributed by atoms with Gasteiger partial charge in [0.2, 0.25) is 0 Å². The van der Waals surface area contributed by atoms with Crippen molar-refractivity contribution in [1.29, 1.82) is 0 Å². The minimum atomic E-state index is -0.750. The highest BCUT2D eigenvalue weighted by atomic mass is 32.2. The van der Waals surface area contributed by atoms with Crippen molar-refractivity contribution in [2.24, 2.45) is 0 Å². The van der Waals surface area contributed by atoms with Crippen LogP contribution in [-0.2, 0) is 11.2 Å². The van der Waals surface area contributed by atoms with Gasteiger partial charge in [0.25, 0.3) is 0 Å². The number of aryl methyl sites for hydroxylation is 1. The van der Waals surface area contributed by atoms with E-state index in [1.54, 1.807) is 18.9 Å². The van der Waals surface area contributed by atoms with E-state index in [0.29, 0.717) is 6.42 Å². The molecular formula is C12H16O3S. The van der Waals surface area contributed by atoms with Crippen molar-refractivity contribution in [2.45, 2.75) is 24.2 Å². The predicted molar refractivity (Wildman–Crippen MR) is 65.3 cm³/mol. The van der Waals surface area contributed by atoms with Crippen molar-refractivity contribution in [2.75, 3.05) is 13.4 Å². The molecule has 0 aromatic heterocycles. The average Bonchev–Trinajstić information content (AvgIpc) is 2.28. The van der Waals surface area contributed by atoms with Crippen molar-refractivity contribution in [1.82, 2.24) is 0 Å². The Balaban J connectivity index is 2.71. The molecule has 0 aliphatic carbocycles. The van der Waals surface area contributed by atoms with E-state index in [1.165, 1.54) is 4.90 Å². The summed E-state index contributed by atoms with van der Waals surface area (Å²) in [6, 6.07) is 6.00. The molecule has 0 unspecified atom stereocenters. The van der Waals surface area contributed by atoms with Crippen molar-refractivity contribution in [3.05, 3.63) is 23.8 Å². The van der Waals surface area contributed by atoms with Gasteiger partial charge in [0.05, 0.1) is 7.11 Å². The largest absolute Gasteiger partial charge is 0.496 e. The Kier molecular flexibility index (Phi) is 5.19. The van der Waals surface area contributed by atoms with E-state index >= 15 is 0 Å². The van der Waals surface area contributed by atoms with Crippen LogP contribution in [0.3, 0.4) is 0 Å². The summed E-state index contributed by atoms with van der Waals surface area (Å²) in [6.45, 7) is 0. The van der Waals surface area contributed by atoms with E-state index in [9.17, 15) is 4.79 Å². The summed E-state index contributed by atoms with van der Waals surface area (Å²) in [5.74, 6) is 0.0863. The summed E-state index contributed by atoms with van der Waals surface area (Å²) in [7, 11) is 1.63. The first kappa shape index (κ1) is 12.9. The zero-order valence-corrected chi connectivity index (χ0v) is 10.3. The zero-order chi connectivity index (χ0) is 12.0. The third kappa shape index (κ3) is 3.77. The van der Waals surface area contributed by atoms with Crippen LogP contribution in [0.15, 0.2) is 23.1 Å². The highest BCUT2D eigenvalue weighted by Gasteiger charge is 2.05. The third-order valence-electron chi connectivity index (χ3n) is 2.32. The fraction of sp³-hybridized carbons (Fsp3) is 0.417. The van der Waals surface area contributed by atoms with Crippen molar-refractivity contribution in [3.8, 4) is 5.75 Å². The van der Waals surface area contributed by atoms with Crippen LogP contribution in [-0.4, -0.2) is 24.4 Å². The monoisotopic (exact) mass is 240 g/mol. The molecule has 88 valence electrons. The number of hydrogen-bond donors (Lipinski definition) is 1. The van der Waals surface area contributed by atoms with Crippen LogP contribution < -0.4 is 4.74 Å². The van der Waals surface area contributed by atoms with Gasteiger partial charge in [-0.05, 0) is 42.9 Å². The first-order chi connectivity index (χ1) is 7.67. The fourth-order valence-electron chi connectivity index (χ4n) is 1.51. The van der Waals surface area contributed by atoms with Gasteiger partial charge in [-0.15, -0.1) is 11.8 Å². The molecule has 0 bridgehead atoms. The Bertz CT molecular complexity index is 363. The second kappa shape index (κ2) is 6.43. The Hall–Kier alpha value is -1.16. The molecule has 0 spiro atoms. The Labute approximate surface area is 99.8 Å². The highest BCUT2D eigenvalue weighted by Crippen LogP contribution is 2.25. The van der Waals surface area contributed by atoms with Crippen LogP contribution >= 0.6 is 11.8 Å². The molecule has 1 aromatic carbocycles. The quantitative estimate of drug-likeness (QED) is 0.777. The molecule has 1 N–H and O–H groups in total. The fourth-order valence-corrected chi connectivity index (χ4v) is 1.97. The van der Waals surface area contributed by atoms with Crippen molar-refractivity contribution >= 4 is 17.7 Å². The summed E-state index contributed by atoms with van der Waals surface area (Å²) in [5.41, 5.74) is 1.08. The maximum Gasteiger partial charge on any atom is 0.303 e. The lowest BCUT2D eigenvalue weighted by Crippen LogP contribution is -1.98. The molecule has 1 rings (SSSR count). The van der Waals surface area contributed by atoms with Gasteiger partial charge in [-0.25, -0.2) is 0 Å². The molecular weight excluding hydrogens is 224 g/mol. The first-order valence-electron chi connectivity index (χ1n) is 5.10. The van der Waals surface area contributed by atoms with E-state index in [-0.39, 0.29) is 6.42 Å². The number of rotatable bonds is 6. The summed E-state index contributed by atoms with van der Waals surface area (Å²) >= 11 is 1.67. The van der Waals surface area contributed by atoms with Gasteiger partial charge in [-0.3, -0.25) is 4.79 Å². The summed E-state index contributed by atoms with van der Waals surface area (Å²) in [5, 5.41) is 8.58. The highest BCUT2D eigenvalue weighted by molar-refractivity contribution is 7.98. The van der Waals surface area contributed by atoms with Crippen LogP contribution in [0.5, 0.6) is 5.75 Å². The Morgan fingerprint density at radius 2 is 2.25 bits per heavy atom. The molecule has 0 saturated carbocycles. The number of ether oxygens (including phenoxy) is 1. The van der Waals surface area contributed by atoms with Gasteiger partial charge in [-0.1, -0.05) is 0 Å². The third-order valence-corrected chi connectivity index (χ3v) is 3.05. The van der Waals surface area contributed by atoms with Gasteiger partial charge in [0.15, 0.2) is 0 Å². The molecule has 0 saturated heterocycles. The molecule has 0 heterocycles. The molecule has 0 aliphatic rings. The molecule has 0 atom stereocenters. The Morgan fingerprint density at radius 3 is 2.81 bits per heavy atom. The minimum absolute atomic E-state index is 0.201. The van der Waals surface area contributed by atoms with E-state index in [1.807, 2.05) is 18.4 Å². The predicted octanol–water partition coefficient (Wildman–Crippen LogP) is 2.82. The lowest BCUT2D eigenvalue weighted by Gasteiger charge is -2.09. The molecule has 0 aliphatic heterocycles. The van der Waals surface area contributed by atoms with Crippen LogP contribution in [0.4, 0.5) is 0 Å². The molecule has 4 heteroatoms. The minimum Gasteiger partial charge on any atom is -0.496 e. The summed E-state index contributed by atoms with van der Waals surface area (Å²) < 4.78 is 5.25. The second-order valence-corrected chi connectivity index (χ2v) is 4.30. The molecule has 16 heavy (non-hydrogen) atoms. The lowest BCUT2D eigenvalue weighted by atomic mass is 10.1. The van der Waals surface area contributed by atoms with Gasteiger partial charge >= 0.3 is 5.97 Å². The lowest BCUT2D eigenvalue weighted by molar-refractivity contribution is -0.137. The standard InChI is InChI=1S/C12H16O3S/c1-15-11-7-6-10(16-2)8-9(11)4-3-5-12(13)14/h6-8H,3-5H2,1-2H3,(H,13,14). The summed E-state index contributed by atoms with van der Waals surface area (Å²) in [6.07, 6.45) is 3.60. The SMILES string of the molecule is COc1ccc(SC)cc1CCCC(=O)O. The first-order valence-corrected chi connectivity index (χ1v) is 6.32. The van der Waals surface area contributed by atoms with Crippen LogP contribution in [0, 0.1) is 0 Å². The Morgan fingerprint density at radius 1 is 1.50 bits per heavy atom. The number of aliphatic carboxylic acids is 1. The van der Waals surface area contributed by atoms with Gasteiger partial charge < -0.3 is 9.84 Å². The number of methoxy groups -OCH3 is 1. The molecule has 3 nitrogen and oxygen atoms in total. The molecule has 0 amide bonds. The van der Waals surface area contributed by atoms with Crippen molar-refractivity contribution < 1.29 is 14.6 Å². The number of hydrogen-bond acceptors (Lipinski definition) is 3. The van der Waals surface area contributed by atoms with Crippen LogP contribution in [0.25, 0.3) is 0 Å². The molecule has 1 aromatic rings. The van der Waals surface area contributed by atoms with Gasteiger partial charge in [0, 0.05) is 11.3 Å². The number of carbonyl (C=O) groups is 1. The normalized spacial score (nSPS) is 10.1. The van der Waals surface area contributed by atoms with E-state index in [2.05, 4.69) is 6.07 Å². The van der Waals surface area contributed by atoms with Crippen molar-refractivity contribution in [3.63, 3.8) is 0 Å². The smallest absolute Gasteiger partial charge is 0.303 e. The molecule has 0 fully saturated rings. The van der Waals surface area contributed by atoms with E-state index in [4.69, 9.17) is 9.84 Å². The maximum atomic E-state index is 10.4. The molecule has 0 radical (unpaired) electrons. The number of thioether (sulfide) groups is 1. The van der Waals surface area contributed by atoms with Crippen LogP contribution in [0.1, 0.15) is 18.4 Å². The number of carboxylic acids is 1. The topological polar surface area (TPSA) is 46.5 Å². The van der Waals surface area contributed by atoms with Gasteiger partial charge in [-0.2, -0.15) is 0 Å². The van der Waals surface area contributed by atoms with Crippen LogP contribution in [0.2, 0.25) is 0 Å². The number of carboxylic acid groups (broad SMARTS) is 1. The summed E-state index contributed by atoms with van der Waals surface area (Å²) in [4.78, 5) is 11.6. The zero-order valence-electron chi connectivity index (χ0n) is 9.53. The maximum absolute atomic E-state index is 10.4.